The van der Waals surface area contributed by atoms with Crippen molar-refractivity contribution in [2.45, 2.75) is 18.6 Å². The lowest BCUT2D eigenvalue weighted by atomic mass is 10.1. The molecule has 1 amide bonds. The molecule has 1 fully saturated rings. The van der Waals surface area contributed by atoms with E-state index in [0.29, 0.717) is 16.6 Å². The molecule has 1 aliphatic rings. The van der Waals surface area contributed by atoms with Crippen LogP contribution in [0.2, 0.25) is 0 Å². The van der Waals surface area contributed by atoms with Crippen LogP contribution in [0, 0.1) is 5.82 Å². The van der Waals surface area contributed by atoms with Gasteiger partial charge < -0.3 is 14.4 Å². The lowest BCUT2D eigenvalue weighted by Gasteiger charge is -2.22. The Morgan fingerprint density at radius 1 is 1.23 bits per heavy atom. The Kier molecular flexibility index (Phi) is 5.46. The normalized spacial score (nSPS) is 18.6. The van der Waals surface area contributed by atoms with E-state index in [1.54, 1.807) is 25.2 Å². The number of benzene rings is 2. The van der Waals surface area contributed by atoms with E-state index in [-0.39, 0.29) is 24.6 Å². The summed E-state index contributed by atoms with van der Waals surface area (Å²) in [7, 11) is 2.95. The molecular formula is C21H19BrFN3O4. The topological polar surface area (TPSA) is 73.7 Å². The quantitative estimate of drug-likeness (QED) is 0.541. The molecule has 2 aromatic carbocycles. The molecule has 1 aromatic heterocycles. The summed E-state index contributed by atoms with van der Waals surface area (Å²) in [4.78, 5) is 27.2. The first-order valence-electron chi connectivity index (χ1n) is 9.31. The number of ether oxygens (including phenoxy) is 2. The Morgan fingerprint density at radius 3 is 2.73 bits per heavy atom. The predicted molar refractivity (Wildman–Crippen MR) is 111 cm³/mol. The smallest absolute Gasteiger partial charge is 0.328 e. The van der Waals surface area contributed by atoms with Crippen molar-refractivity contribution in [3.63, 3.8) is 0 Å². The summed E-state index contributed by atoms with van der Waals surface area (Å²) in [5.74, 6) is -1.33. The van der Waals surface area contributed by atoms with Crippen LogP contribution in [0.1, 0.15) is 16.9 Å². The van der Waals surface area contributed by atoms with Crippen LogP contribution >= 0.6 is 15.9 Å². The van der Waals surface area contributed by atoms with E-state index < -0.39 is 23.9 Å². The van der Waals surface area contributed by atoms with Crippen LogP contribution < -0.4 is 4.74 Å². The number of amides is 1. The van der Waals surface area contributed by atoms with Gasteiger partial charge in [-0.3, -0.25) is 9.48 Å². The zero-order chi connectivity index (χ0) is 21.4. The molecule has 0 N–H and O–H groups in total. The Bertz CT molecular complexity index is 1130. The maximum atomic E-state index is 14.0. The van der Waals surface area contributed by atoms with Crippen LogP contribution in [0.15, 0.2) is 46.9 Å². The number of aryl methyl sites for hydroxylation is 1. The van der Waals surface area contributed by atoms with Crippen molar-refractivity contribution in [3.8, 4) is 5.75 Å². The fraction of sp³-hybridized carbons (Fsp3) is 0.286. The maximum absolute atomic E-state index is 14.0. The number of methoxy groups -OCH3 is 1. The Labute approximate surface area is 180 Å². The van der Waals surface area contributed by atoms with E-state index in [1.807, 2.05) is 12.1 Å². The van der Waals surface area contributed by atoms with Crippen molar-refractivity contribution in [2.24, 2.45) is 7.05 Å². The number of aromatic nitrogens is 2. The molecule has 2 unspecified atom stereocenters. The summed E-state index contributed by atoms with van der Waals surface area (Å²) >= 11 is 3.40. The van der Waals surface area contributed by atoms with Crippen molar-refractivity contribution in [1.29, 1.82) is 0 Å². The average Bonchev–Trinajstić information content (AvgIpc) is 3.28. The van der Waals surface area contributed by atoms with Crippen LogP contribution in [0.4, 0.5) is 4.39 Å². The molecular weight excluding hydrogens is 457 g/mol. The number of carbonyl (C=O) groups is 2. The molecule has 2 atom stereocenters. The summed E-state index contributed by atoms with van der Waals surface area (Å²) in [6, 6.07) is 10.6. The number of hydrogen-bond acceptors (Lipinski definition) is 5. The van der Waals surface area contributed by atoms with Crippen LogP contribution in [0.25, 0.3) is 10.9 Å². The maximum Gasteiger partial charge on any atom is 0.328 e. The number of nitrogens with zero attached hydrogens (tertiary/aromatic N) is 3. The SMILES string of the molecule is COC(=O)C1CC(Oc2ccccc2F)CN1C(=O)c1c2ccc(Br)cc2nn1C. The van der Waals surface area contributed by atoms with Gasteiger partial charge in [0.2, 0.25) is 0 Å². The summed E-state index contributed by atoms with van der Waals surface area (Å²) < 4.78 is 27.0. The van der Waals surface area contributed by atoms with Gasteiger partial charge in [0.25, 0.3) is 5.91 Å². The molecule has 3 aromatic rings. The highest BCUT2D eigenvalue weighted by Crippen LogP contribution is 2.29. The number of halogens is 2. The molecule has 0 saturated carbocycles. The predicted octanol–water partition coefficient (Wildman–Crippen LogP) is 3.31. The van der Waals surface area contributed by atoms with Gasteiger partial charge in [-0.15, -0.1) is 0 Å². The van der Waals surface area contributed by atoms with Gasteiger partial charge >= 0.3 is 5.97 Å². The highest BCUT2D eigenvalue weighted by Gasteiger charge is 2.43. The second-order valence-corrected chi connectivity index (χ2v) is 7.95. The van der Waals surface area contributed by atoms with Gasteiger partial charge in [-0.1, -0.05) is 28.1 Å². The summed E-state index contributed by atoms with van der Waals surface area (Å²) in [6.07, 6.45) is -0.350. The van der Waals surface area contributed by atoms with Crippen LogP contribution in [0.3, 0.4) is 0 Å². The zero-order valence-electron chi connectivity index (χ0n) is 16.3. The minimum Gasteiger partial charge on any atom is -0.485 e. The lowest BCUT2D eigenvalue weighted by molar-refractivity contribution is -0.145. The van der Waals surface area contributed by atoms with E-state index in [4.69, 9.17) is 9.47 Å². The summed E-state index contributed by atoms with van der Waals surface area (Å²) in [5, 5.41) is 5.07. The first kappa shape index (κ1) is 20.3. The van der Waals surface area contributed by atoms with E-state index in [2.05, 4.69) is 21.0 Å². The van der Waals surface area contributed by atoms with Gasteiger partial charge in [-0.25, -0.2) is 9.18 Å². The van der Waals surface area contributed by atoms with Crippen LogP contribution in [-0.2, 0) is 16.6 Å². The molecule has 2 heterocycles. The number of esters is 1. The zero-order valence-corrected chi connectivity index (χ0v) is 17.9. The first-order chi connectivity index (χ1) is 14.4. The molecule has 1 aliphatic heterocycles. The first-order valence-corrected chi connectivity index (χ1v) is 10.1. The lowest BCUT2D eigenvalue weighted by Crippen LogP contribution is -2.42. The van der Waals surface area contributed by atoms with E-state index in [0.717, 1.165) is 4.47 Å². The fourth-order valence-corrected chi connectivity index (χ4v) is 4.10. The van der Waals surface area contributed by atoms with Crippen molar-refractivity contribution < 1.29 is 23.5 Å². The van der Waals surface area contributed by atoms with Crippen molar-refractivity contribution in [1.82, 2.24) is 14.7 Å². The number of hydrogen-bond donors (Lipinski definition) is 0. The van der Waals surface area contributed by atoms with Gasteiger partial charge in [0.05, 0.1) is 19.2 Å². The third-order valence-corrected chi connectivity index (χ3v) is 5.62. The second kappa shape index (κ2) is 8.06. The third-order valence-electron chi connectivity index (χ3n) is 5.13. The minimum absolute atomic E-state index is 0.0799. The van der Waals surface area contributed by atoms with Gasteiger partial charge in [0.1, 0.15) is 17.8 Å². The molecule has 9 heteroatoms. The fourth-order valence-electron chi connectivity index (χ4n) is 3.75. The van der Waals surface area contributed by atoms with Crippen molar-refractivity contribution in [2.75, 3.05) is 13.7 Å². The molecule has 0 spiro atoms. The number of carbonyl (C=O) groups excluding carboxylic acids is 2. The monoisotopic (exact) mass is 475 g/mol. The second-order valence-electron chi connectivity index (χ2n) is 7.04. The summed E-state index contributed by atoms with van der Waals surface area (Å²) in [6.45, 7) is 0.121. The number of likely N-dealkylation sites (tertiary alicyclic amines) is 1. The highest BCUT2D eigenvalue weighted by atomic mass is 79.9. The van der Waals surface area contributed by atoms with E-state index in [1.165, 1.54) is 28.8 Å². The van der Waals surface area contributed by atoms with E-state index >= 15 is 0 Å². The van der Waals surface area contributed by atoms with Gasteiger partial charge in [0, 0.05) is 23.3 Å². The molecule has 7 nitrogen and oxygen atoms in total. The van der Waals surface area contributed by atoms with Crippen molar-refractivity contribution >= 4 is 38.7 Å². The number of rotatable bonds is 4. The largest absolute Gasteiger partial charge is 0.485 e. The van der Waals surface area contributed by atoms with Crippen molar-refractivity contribution in [3.05, 3.63) is 58.4 Å². The molecule has 30 heavy (non-hydrogen) atoms. The molecule has 4 rings (SSSR count). The highest BCUT2D eigenvalue weighted by molar-refractivity contribution is 9.10. The Morgan fingerprint density at radius 2 is 2.00 bits per heavy atom. The number of para-hydroxylation sites is 1. The van der Waals surface area contributed by atoms with Gasteiger partial charge in [-0.05, 0) is 30.3 Å². The standard InChI is InChI=1S/C21H19BrFN3O4/c1-25-19(14-8-7-12(22)9-16(14)24-25)20(27)26-11-13(10-17(26)21(28)29-2)30-18-6-4-3-5-15(18)23/h3-9,13,17H,10-11H2,1-2H3. The average molecular weight is 476 g/mol. The van der Waals surface area contributed by atoms with Gasteiger partial charge in [0.15, 0.2) is 11.6 Å². The molecule has 0 radical (unpaired) electrons. The van der Waals surface area contributed by atoms with Gasteiger partial charge in [-0.2, -0.15) is 5.10 Å². The Balaban J connectivity index is 1.66. The molecule has 156 valence electrons. The number of fused-ring (bicyclic) bond motifs is 1. The molecule has 0 bridgehead atoms. The minimum atomic E-state index is -0.834. The van der Waals surface area contributed by atoms with E-state index in [9.17, 15) is 14.0 Å². The molecule has 0 aliphatic carbocycles. The third kappa shape index (κ3) is 3.65. The summed E-state index contributed by atoms with van der Waals surface area (Å²) in [5.41, 5.74) is 1.01. The Hall–Kier alpha value is -2.94. The molecule has 1 saturated heterocycles. The van der Waals surface area contributed by atoms with Crippen LogP contribution in [-0.4, -0.2) is 52.4 Å². The van der Waals surface area contributed by atoms with Crippen LogP contribution in [0.5, 0.6) is 5.75 Å².